The van der Waals surface area contributed by atoms with Gasteiger partial charge in [0.05, 0.1) is 12.7 Å². The Bertz CT molecular complexity index is 186. The maximum Gasteiger partial charge on any atom is 0.0599 e. The van der Waals surface area contributed by atoms with E-state index in [0.717, 1.165) is 18.0 Å². The molecular formula is C13H24BrNO. The Morgan fingerprint density at radius 1 is 1.00 bits per heavy atom. The number of alkyl halides is 1. The average molecular weight is 290 g/mol. The first kappa shape index (κ1) is 12.8. The molecule has 2 fully saturated rings. The summed E-state index contributed by atoms with van der Waals surface area (Å²) in [6.45, 7) is 3.39. The zero-order valence-electron chi connectivity index (χ0n) is 10.2. The number of ether oxygens (including phenoxy) is 1. The van der Waals surface area contributed by atoms with E-state index in [1.54, 1.807) is 0 Å². The molecule has 16 heavy (non-hydrogen) atoms. The third-order valence-electron chi connectivity index (χ3n) is 4.00. The molecule has 0 N–H and O–H groups in total. The van der Waals surface area contributed by atoms with Crippen LogP contribution in [0.1, 0.15) is 44.9 Å². The Morgan fingerprint density at radius 3 is 2.31 bits per heavy atom. The van der Waals surface area contributed by atoms with Crippen molar-refractivity contribution in [1.82, 2.24) is 4.90 Å². The van der Waals surface area contributed by atoms with Gasteiger partial charge in [0, 0.05) is 24.5 Å². The van der Waals surface area contributed by atoms with Gasteiger partial charge >= 0.3 is 0 Å². The van der Waals surface area contributed by atoms with Gasteiger partial charge in [-0.2, -0.15) is 0 Å². The smallest absolute Gasteiger partial charge is 0.0599 e. The molecule has 1 saturated carbocycles. The summed E-state index contributed by atoms with van der Waals surface area (Å²) >= 11 is 3.42. The highest BCUT2D eigenvalue weighted by atomic mass is 79.9. The van der Waals surface area contributed by atoms with Gasteiger partial charge in [0.25, 0.3) is 0 Å². The van der Waals surface area contributed by atoms with Crippen molar-refractivity contribution in [2.45, 2.75) is 57.1 Å². The fraction of sp³-hybridized carbons (Fsp3) is 1.00. The Labute approximate surface area is 108 Å². The summed E-state index contributed by atoms with van der Waals surface area (Å²) in [5.41, 5.74) is 0. The van der Waals surface area contributed by atoms with E-state index < -0.39 is 0 Å². The molecule has 0 radical (unpaired) electrons. The second-order valence-electron chi connectivity index (χ2n) is 5.09. The third kappa shape index (κ3) is 3.71. The van der Waals surface area contributed by atoms with Crippen molar-refractivity contribution >= 4 is 15.9 Å². The first-order chi connectivity index (χ1) is 7.90. The normalized spacial score (nSPS) is 26.1. The second kappa shape index (κ2) is 6.97. The third-order valence-corrected chi connectivity index (χ3v) is 4.32. The molecule has 0 aromatic rings. The van der Waals surface area contributed by atoms with Gasteiger partial charge in [-0.05, 0) is 25.7 Å². The van der Waals surface area contributed by atoms with Crippen LogP contribution in [0.2, 0.25) is 0 Å². The molecular weight excluding hydrogens is 266 g/mol. The molecule has 2 rings (SSSR count). The summed E-state index contributed by atoms with van der Waals surface area (Å²) in [7, 11) is 0. The molecule has 0 aromatic heterocycles. The van der Waals surface area contributed by atoms with E-state index in [9.17, 15) is 0 Å². The largest absolute Gasteiger partial charge is 0.377 e. The van der Waals surface area contributed by atoms with Gasteiger partial charge in [-0.3, -0.25) is 0 Å². The molecule has 1 heterocycles. The van der Waals surface area contributed by atoms with E-state index in [-0.39, 0.29) is 0 Å². The number of hydrogen-bond donors (Lipinski definition) is 0. The van der Waals surface area contributed by atoms with Crippen LogP contribution in [0.25, 0.3) is 0 Å². The minimum Gasteiger partial charge on any atom is -0.377 e. The number of halogens is 1. The van der Waals surface area contributed by atoms with Crippen LogP contribution in [-0.2, 0) is 4.74 Å². The minimum atomic E-state index is 0.525. The molecule has 3 heteroatoms. The standard InChI is InChI=1S/C13H24BrNO/c14-8-11-16-13-6-9-15(10-7-13)12-4-2-1-3-5-12/h12-13H,1-11H2. The molecule has 1 aliphatic carbocycles. The van der Waals surface area contributed by atoms with Gasteiger partial charge in [0.1, 0.15) is 0 Å². The van der Waals surface area contributed by atoms with Gasteiger partial charge in [-0.15, -0.1) is 0 Å². The maximum atomic E-state index is 5.79. The van der Waals surface area contributed by atoms with Gasteiger partial charge in [0.2, 0.25) is 0 Å². The fourth-order valence-electron chi connectivity index (χ4n) is 3.06. The number of hydrogen-bond acceptors (Lipinski definition) is 2. The SMILES string of the molecule is BrCCOC1CCN(C2CCCCC2)CC1. The molecule has 0 aromatic carbocycles. The van der Waals surface area contributed by atoms with Gasteiger partial charge in [-0.25, -0.2) is 0 Å². The van der Waals surface area contributed by atoms with Crippen LogP contribution < -0.4 is 0 Å². The van der Waals surface area contributed by atoms with Crippen molar-refractivity contribution in [3.63, 3.8) is 0 Å². The Hall–Kier alpha value is 0.400. The van der Waals surface area contributed by atoms with Crippen molar-refractivity contribution in [3.8, 4) is 0 Å². The molecule has 2 aliphatic rings. The molecule has 0 unspecified atom stereocenters. The lowest BCUT2D eigenvalue weighted by Gasteiger charge is -2.39. The highest BCUT2D eigenvalue weighted by Gasteiger charge is 2.26. The van der Waals surface area contributed by atoms with E-state index in [0.29, 0.717) is 6.10 Å². The van der Waals surface area contributed by atoms with E-state index in [1.807, 2.05) is 0 Å². The summed E-state index contributed by atoms with van der Waals surface area (Å²) in [4.78, 5) is 2.72. The first-order valence-corrected chi connectivity index (χ1v) is 7.94. The van der Waals surface area contributed by atoms with Crippen LogP contribution in [0.3, 0.4) is 0 Å². The second-order valence-corrected chi connectivity index (χ2v) is 5.88. The molecule has 0 spiro atoms. The number of rotatable bonds is 4. The van der Waals surface area contributed by atoms with Crippen LogP contribution in [0.4, 0.5) is 0 Å². The molecule has 1 aliphatic heterocycles. The lowest BCUT2D eigenvalue weighted by molar-refractivity contribution is 0.00101. The molecule has 1 saturated heterocycles. The monoisotopic (exact) mass is 289 g/mol. The summed E-state index contributed by atoms with van der Waals surface area (Å²) in [5.74, 6) is 0. The summed E-state index contributed by atoms with van der Waals surface area (Å²) in [6, 6.07) is 0.894. The average Bonchev–Trinajstić information content (AvgIpc) is 2.38. The van der Waals surface area contributed by atoms with Crippen LogP contribution in [0, 0.1) is 0 Å². The summed E-state index contributed by atoms with van der Waals surface area (Å²) in [6.07, 6.45) is 10.2. The molecule has 2 nitrogen and oxygen atoms in total. The Kier molecular flexibility index (Phi) is 5.60. The number of likely N-dealkylation sites (tertiary alicyclic amines) is 1. The highest BCUT2D eigenvalue weighted by Crippen LogP contribution is 2.25. The Balaban J connectivity index is 1.67. The predicted molar refractivity (Wildman–Crippen MR) is 71.2 cm³/mol. The first-order valence-electron chi connectivity index (χ1n) is 6.82. The molecule has 0 bridgehead atoms. The predicted octanol–water partition coefficient (Wildman–Crippen LogP) is 3.20. The van der Waals surface area contributed by atoms with E-state index in [1.165, 1.54) is 58.0 Å². The van der Waals surface area contributed by atoms with Gasteiger partial charge in [-0.1, -0.05) is 35.2 Å². The fourth-order valence-corrected chi connectivity index (χ4v) is 3.25. The van der Waals surface area contributed by atoms with E-state index >= 15 is 0 Å². The zero-order valence-corrected chi connectivity index (χ0v) is 11.8. The van der Waals surface area contributed by atoms with Crippen molar-refractivity contribution in [1.29, 1.82) is 0 Å². The lowest BCUT2D eigenvalue weighted by atomic mass is 9.92. The van der Waals surface area contributed by atoms with Crippen molar-refractivity contribution in [2.24, 2.45) is 0 Å². The highest BCUT2D eigenvalue weighted by molar-refractivity contribution is 9.09. The van der Waals surface area contributed by atoms with E-state index in [2.05, 4.69) is 20.8 Å². The lowest BCUT2D eigenvalue weighted by Crippen LogP contribution is -2.44. The van der Waals surface area contributed by atoms with Crippen LogP contribution >= 0.6 is 15.9 Å². The summed E-state index contributed by atoms with van der Waals surface area (Å²) in [5, 5.41) is 0.968. The van der Waals surface area contributed by atoms with Crippen LogP contribution in [-0.4, -0.2) is 42.1 Å². The number of nitrogens with zero attached hydrogens (tertiary/aromatic N) is 1. The zero-order chi connectivity index (χ0) is 11.2. The Morgan fingerprint density at radius 2 is 1.69 bits per heavy atom. The number of piperidine rings is 1. The molecule has 0 amide bonds. The molecule has 0 atom stereocenters. The van der Waals surface area contributed by atoms with Gasteiger partial charge in [0.15, 0.2) is 0 Å². The topological polar surface area (TPSA) is 12.5 Å². The van der Waals surface area contributed by atoms with Crippen molar-refractivity contribution in [3.05, 3.63) is 0 Å². The van der Waals surface area contributed by atoms with Crippen molar-refractivity contribution in [2.75, 3.05) is 25.0 Å². The maximum absolute atomic E-state index is 5.79. The van der Waals surface area contributed by atoms with Crippen molar-refractivity contribution < 1.29 is 4.74 Å². The van der Waals surface area contributed by atoms with E-state index in [4.69, 9.17) is 4.74 Å². The summed E-state index contributed by atoms with van der Waals surface area (Å²) < 4.78 is 5.79. The van der Waals surface area contributed by atoms with Crippen LogP contribution in [0.5, 0.6) is 0 Å². The molecule has 94 valence electrons. The van der Waals surface area contributed by atoms with Gasteiger partial charge < -0.3 is 9.64 Å². The minimum absolute atomic E-state index is 0.525. The van der Waals surface area contributed by atoms with Crippen LogP contribution in [0.15, 0.2) is 0 Å². The quantitative estimate of drug-likeness (QED) is 0.737.